The topological polar surface area (TPSA) is 58.4 Å². The molecule has 1 amide bonds. The quantitative estimate of drug-likeness (QED) is 0.752. The third kappa shape index (κ3) is 3.57. The Morgan fingerprint density at radius 3 is 3.04 bits per heavy atom. The standard InChI is InChI=1S/C20H21N3O2S/c1-13-3-4-14(2)16(9-13)10-23-7-5-17-18(11-23)26-20(21-17)22-19(24)15-6-8-25-12-15/h3-4,6,8-9,12H,5,7,10-11H2,1-2H3,(H,21,22,24). The number of furan rings is 1. The summed E-state index contributed by atoms with van der Waals surface area (Å²) in [6.45, 7) is 7.11. The SMILES string of the molecule is Cc1ccc(C)c(CN2CCc3nc(NC(=O)c4ccoc4)sc3C2)c1. The van der Waals surface area contributed by atoms with E-state index in [0.29, 0.717) is 10.7 Å². The van der Waals surface area contributed by atoms with Crippen LogP contribution in [0.2, 0.25) is 0 Å². The minimum absolute atomic E-state index is 0.183. The van der Waals surface area contributed by atoms with Crippen LogP contribution in [0.1, 0.15) is 37.6 Å². The van der Waals surface area contributed by atoms with Crippen LogP contribution in [0, 0.1) is 13.8 Å². The number of hydrogen-bond acceptors (Lipinski definition) is 5. The molecular weight excluding hydrogens is 346 g/mol. The van der Waals surface area contributed by atoms with E-state index < -0.39 is 0 Å². The molecule has 1 aliphatic rings. The molecule has 0 radical (unpaired) electrons. The van der Waals surface area contributed by atoms with Gasteiger partial charge in [0.15, 0.2) is 5.13 Å². The number of carbonyl (C=O) groups is 1. The molecule has 0 fully saturated rings. The van der Waals surface area contributed by atoms with Crippen molar-refractivity contribution in [3.8, 4) is 0 Å². The summed E-state index contributed by atoms with van der Waals surface area (Å²) in [5.74, 6) is -0.183. The smallest absolute Gasteiger partial charge is 0.260 e. The average molecular weight is 367 g/mol. The van der Waals surface area contributed by atoms with Crippen molar-refractivity contribution in [3.05, 3.63) is 69.6 Å². The van der Waals surface area contributed by atoms with Gasteiger partial charge in [-0.15, -0.1) is 11.3 Å². The van der Waals surface area contributed by atoms with Gasteiger partial charge in [-0.2, -0.15) is 0 Å². The maximum absolute atomic E-state index is 12.1. The summed E-state index contributed by atoms with van der Waals surface area (Å²) in [7, 11) is 0. The monoisotopic (exact) mass is 367 g/mol. The molecule has 134 valence electrons. The number of anilines is 1. The highest BCUT2D eigenvalue weighted by Crippen LogP contribution is 2.29. The fraction of sp³-hybridized carbons (Fsp3) is 0.300. The Balaban J connectivity index is 1.45. The van der Waals surface area contributed by atoms with Gasteiger partial charge in [0.05, 0.1) is 17.5 Å². The number of nitrogens with one attached hydrogen (secondary N) is 1. The van der Waals surface area contributed by atoms with Crippen molar-refractivity contribution in [3.63, 3.8) is 0 Å². The zero-order valence-electron chi connectivity index (χ0n) is 14.9. The summed E-state index contributed by atoms with van der Waals surface area (Å²) in [5, 5.41) is 3.53. The van der Waals surface area contributed by atoms with Crippen LogP contribution in [0.3, 0.4) is 0 Å². The number of rotatable bonds is 4. The lowest BCUT2D eigenvalue weighted by molar-refractivity contribution is 0.102. The third-order valence-electron chi connectivity index (χ3n) is 4.71. The molecule has 5 nitrogen and oxygen atoms in total. The van der Waals surface area contributed by atoms with E-state index in [-0.39, 0.29) is 5.91 Å². The number of amides is 1. The largest absolute Gasteiger partial charge is 0.472 e. The van der Waals surface area contributed by atoms with Crippen molar-refractivity contribution in [1.82, 2.24) is 9.88 Å². The van der Waals surface area contributed by atoms with Gasteiger partial charge in [0.2, 0.25) is 0 Å². The first-order valence-corrected chi connectivity index (χ1v) is 9.51. The summed E-state index contributed by atoms with van der Waals surface area (Å²) in [6, 6.07) is 8.27. The Morgan fingerprint density at radius 2 is 2.23 bits per heavy atom. The first kappa shape index (κ1) is 17.0. The van der Waals surface area contributed by atoms with Crippen molar-refractivity contribution in [2.24, 2.45) is 0 Å². The lowest BCUT2D eigenvalue weighted by Crippen LogP contribution is -2.29. The Morgan fingerprint density at radius 1 is 1.35 bits per heavy atom. The molecule has 1 aliphatic heterocycles. The number of benzene rings is 1. The van der Waals surface area contributed by atoms with E-state index in [9.17, 15) is 4.79 Å². The van der Waals surface area contributed by atoms with Crippen molar-refractivity contribution in [1.29, 1.82) is 0 Å². The summed E-state index contributed by atoms with van der Waals surface area (Å²) < 4.78 is 4.96. The lowest BCUT2D eigenvalue weighted by Gasteiger charge is -2.26. The fourth-order valence-corrected chi connectivity index (χ4v) is 4.26. The molecule has 6 heteroatoms. The molecule has 0 bridgehead atoms. The van der Waals surface area contributed by atoms with Crippen LogP contribution in [0.5, 0.6) is 0 Å². The highest BCUT2D eigenvalue weighted by Gasteiger charge is 2.22. The van der Waals surface area contributed by atoms with E-state index in [1.54, 1.807) is 17.4 Å². The Labute approximate surface area is 156 Å². The summed E-state index contributed by atoms with van der Waals surface area (Å²) in [4.78, 5) is 20.4. The Hall–Kier alpha value is -2.44. The molecule has 0 unspecified atom stereocenters. The van der Waals surface area contributed by atoms with Crippen LogP contribution >= 0.6 is 11.3 Å². The molecule has 3 aromatic rings. The molecule has 0 atom stereocenters. The van der Waals surface area contributed by atoms with Crippen LogP contribution in [0.15, 0.2) is 41.2 Å². The van der Waals surface area contributed by atoms with Crippen molar-refractivity contribution in [2.45, 2.75) is 33.4 Å². The van der Waals surface area contributed by atoms with Gasteiger partial charge in [0.1, 0.15) is 6.26 Å². The molecule has 3 heterocycles. The Kier molecular flexibility index (Phi) is 4.61. The van der Waals surface area contributed by atoms with Gasteiger partial charge in [-0.3, -0.25) is 15.0 Å². The van der Waals surface area contributed by atoms with Gasteiger partial charge >= 0.3 is 0 Å². The maximum atomic E-state index is 12.1. The van der Waals surface area contributed by atoms with Crippen molar-refractivity contribution in [2.75, 3.05) is 11.9 Å². The van der Waals surface area contributed by atoms with Crippen LogP contribution < -0.4 is 5.32 Å². The van der Waals surface area contributed by atoms with Gasteiger partial charge in [-0.1, -0.05) is 23.8 Å². The van der Waals surface area contributed by atoms with Crippen molar-refractivity contribution >= 4 is 22.4 Å². The van der Waals surface area contributed by atoms with E-state index in [1.807, 2.05) is 0 Å². The lowest BCUT2D eigenvalue weighted by atomic mass is 10.0. The highest BCUT2D eigenvalue weighted by atomic mass is 32.1. The number of aromatic nitrogens is 1. The number of nitrogens with zero attached hydrogens (tertiary/aromatic N) is 2. The number of fused-ring (bicyclic) bond motifs is 1. The molecule has 0 spiro atoms. The normalized spacial score (nSPS) is 14.2. The molecule has 1 aromatic carbocycles. The zero-order chi connectivity index (χ0) is 18.1. The maximum Gasteiger partial charge on any atom is 0.260 e. The number of aryl methyl sites for hydroxylation is 2. The van der Waals surface area contributed by atoms with Gasteiger partial charge in [-0.05, 0) is 31.0 Å². The van der Waals surface area contributed by atoms with E-state index >= 15 is 0 Å². The zero-order valence-corrected chi connectivity index (χ0v) is 15.7. The molecular formula is C20H21N3O2S. The van der Waals surface area contributed by atoms with Crippen LogP contribution in [-0.2, 0) is 19.5 Å². The van der Waals surface area contributed by atoms with E-state index in [2.05, 4.69) is 47.2 Å². The molecule has 4 rings (SSSR count). The van der Waals surface area contributed by atoms with Gasteiger partial charge < -0.3 is 4.42 Å². The van der Waals surface area contributed by atoms with E-state index in [1.165, 1.54) is 34.1 Å². The summed E-state index contributed by atoms with van der Waals surface area (Å²) in [5.41, 5.74) is 5.62. The number of carbonyl (C=O) groups excluding carboxylic acids is 1. The fourth-order valence-electron chi connectivity index (χ4n) is 3.21. The second-order valence-corrected chi connectivity index (χ2v) is 7.83. The summed E-state index contributed by atoms with van der Waals surface area (Å²) in [6.07, 6.45) is 3.85. The second-order valence-electron chi connectivity index (χ2n) is 6.75. The Bertz CT molecular complexity index is 931. The molecule has 0 saturated carbocycles. The number of hydrogen-bond donors (Lipinski definition) is 1. The van der Waals surface area contributed by atoms with Crippen LogP contribution in [-0.4, -0.2) is 22.3 Å². The average Bonchev–Trinajstić information content (AvgIpc) is 3.27. The molecule has 0 saturated heterocycles. The number of thiazole rings is 1. The van der Waals surface area contributed by atoms with E-state index in [4.69, 9.17) is 4.42 Å². The molecule has 1 N–H and O–H groups in total. The van der Waals surface area contributed by atoms with Gasteiger partial charge in [-0.25, -0.2) is 4.98 Å². The predicted octanol–water partition coefficient (Wildman–Crippen LogP) is 4.16. The minimum atomic E-state index is -0.183. The van der Waals surface area contributed by atoms with Gasteiger partial charge in [0.25, 0.3) is 5.91 Å². The van der Waals surface area contributed by atoms with Crippen molar-refractivity contribution < 1.29 is 9.21 Å². The third-order valence-corrected chi connectivity index (χ3v) is 5.71. The predicted molar refractivity (Wildman–Crippen MR) is 103 cm³/mol. The first-order chi connectivity index (χ1) is 12.6. The molecule has 0 aliphatic carbocycles. The van der Waals surface area contributed by atoms with Crippen LogP contribution in [0.25, 0.3) is 0 Å². The van der Waals surface area contributed by atoms with E-state index in [0.717, 1.165) is 31.7 Å². The second kappa shape index (κ2) is 7.05. The molecule has 26 heavy (non-hydrogen) atoms. The van der Waals surface area contributed by atoms with Gasteiger partial charge in [0, 0.05) is 30.9 Å². The highest BCUT2D eigenvalue weighted by molar-refractivity contribution is 7.15. The first-order valence-electron chi connectivity index (χ1n) is 8.69. The summed E-state index contributed by atoms with van der Waals surface area (Å²) >= 11 is 1.57. The van der Waals surface area contributed by atoms with Crippen LogP contribution in [0.4, 0.5) is 5.13 Å². The molecule has 2 aromatic heterocycles. The minimum Gasteiger partial charge on any atom is -0.472 e.